The van der Waals surface area contributed by atoms with Gasteiger partial charge in [0.2, 0.25) is 5.91 Å². The molecule has 2 amide bonds. The Balaban J connectivity index is 1.41. The van der Waals surface area contributed by atoms with Crippen LogP contribution in [0.4, 0.5) is 30.2 Å². The summed E-state index contributed by atoms with van der Waals surface area (Å²) in [4.78, 5) is 26.9. The number of amides is 2. The first-order valence-electron chi connectivity index (χ1n) is 10.0. The maximum Gasteiger partial charge on any atom is 0.418 e. The van der Waals surface area contributed by atoms with Gasteiger partial charge in [-0.3, -0.25) is 9.59 Å². The summed E-state index contributed by atoms with van der Waals surface area (Å²) in [6.07, 6.45) is -3.78. The Hall–Kier alpha value is -3.81. The van der Waals surface area contributed by atoms with Crippen LogP contribution in [0.15, 0.2) is 72.8 Å². The lowest BCUT2D eigenvalue weighted by Gasteiger charge is -2.18. The van der Waals surface area contributed by atoms with Crippen LogP contribution >= 0.6 is 0 Å². The van der Waals surface area contributed by atoms with Crippen LogP contribution in [0.5, 0.6) is 0 Å². The third-order valence-electron chi connectivity index (χ3n) is 5.20. The molecule has 5 nitrogen and oxygen atoms in total. The Morgan fingerprint density at radius 1 is 0.938 bits per heavy atom. The van der Waals surface area contributed by atoms with Gasteiger partial charge >= 0.3 is 6.18 Å². The Bertz CT molecular complexity index is 1160. The summed E-state index contributed by atoms with van der Waals surface area (Å²) in [6, 6.07) is 19.2. The second-order valence-corrected chi connectivity index (χ2v) is 7.36. The first-order chi connectivity index (χ1) is 15.3. The molecule has 0 spiro atoms. The zero-order valence-electron chi connectivity index (χ0n) is 16.9. The molecule has 0 aliphatic carbocycles. The Morgan fingerprint density at radius 2 is 1.69 bits per heavy atom. The van der Waals surface area contributed by atoms with Crippen molar-refractivity contribution >= 4 is 28.9 Å². The van der Waals surface area contributed by atoms with E-state index in [1.807, 2.05) is 24.3 Å². The maximum atomic E-state index is 13.1. The molecular formula is C24H20F3N3O2. The van der Waals surface area contributed by atoms with E-state index < -0.39 is 17.6 Å². The number of halogens is 3. The van der Waals surface area contributed by atoms with Crippen molar-refractivity contribution in [3.63, 3.8) is 0 Å². The fraction of sp³-hybridized carbons (Fsp3) is 0.167. The fourth-order valence-electron chi connectivity index (χ4n) is 3.68. The van der Waals surface area contributed by atoms with Gasteiger partial charge in [0.05, 0.1) is 17.8 Å². The topological polar surface area (TPSA) is 61.4 Å². The van der Waals surface area contributed by atoms with E-state index in [1.54, 1.807) is 29.2 Å². The summed E-state index contributed by atoms with van der Waals surface area (Å²) in [7, 11) is 0. The number of nitrogens with zero attached hydrogens (tertiary/aromatic N) is 1. The SMILES string of the molecule is O=C(CNc1cccc(C(=O)N2CCc3ccccc32)c1)Nc1ccccc1C(F)(F)F. The molecule has 0 aromatic heterocycles. The number of carbonyl (C=O) groups is 2. The van der Waals surface area contributed by atoms with Gasteiger partial charge in [0, 0.05) is 23.5 Å². The molecule has 1 aliphatic rings. The molecule has 3 aromatic rings. The van der Waals surface area contributed by atoms with Gasteiger partial charge in [-0.2, -0.15) is 13.2 Å². The van der Waals surface area contributed by atoms with Gasteiger partial charge in [-0.25, -0.2) is 0 Å². The molecule has 3 aromatic carbocycles. The third kappa shape index (κ3) is 4.59. The van der Waals surface area contributed by atoms with Gasteiger partial charge in [0.1, 0.15) is 0 Å². The Morgan fingerprint density at radius 3 is 2.50 bits per heavy atom. The fourth-order valence-corrected chi connectivity index (χ4v) is 3.68. The van der Waals surface area contributed by atoms with E-state index in [0.717, 1.165) is 23.7 Å². The van der Waals surface area contributed by atoms with Crippen molar-refractivity contribution in [2.75, 3.05) is 28.6 Å². The molecule has 4 rings (SSSR count). The number of nitrogens with one attached hydrogen (secondary N) is 2. The maximum absolute atomic E-state index is 13.1. The zero-order chi connectivity index (χ0) is 22.7. The molecule has 0 radical (unpaired) electrons. The van der Waals surface area contributed by atoms with Crippen molar-refractivity contribution in [3.8, 4) is 0 Å². The molecule has 1 heterocycles. The smallest absolute Gasteiger partial charge is 0.376 e. The lowest BCUT2D eigenvalue weighted by Crippen LogP contribution is -2.29. The molecule has 2 N–H and O–H groups in total. The van der Waals surface area contributed by atoms with E-state index in [9.17, 15) is 22.8 Å². The number of benzene rings is 3. The molecule has 32 heavy (non-hydrogen) atoms. The summed E-state index contributed by atoms with van der Waals surface area (Å²) in [6.45, 7) is 0.341. The molecule has 0 fully saturated rings. The van der Waals surface area contributed by atoms with Crippen LogP contribution in [0, 0.1) is 0 Å². The Kier molecular flexibility index (Phi) is 5.85. The highest BCUT2D eigenvalue weighted by Crippen LogP contribution is 2.34. The monoisotopic (exact) mass is 439 g/mol. The Labute approximate surface area is 182 Å². The summed E-state index contributed by atoms with van der Waals surface area (Å²) < 4.78 is 39.3. The van der Waals surface area contributed by atoms with Gasteiger partial charge in [-0.15, -0.1) is 0 Å². The van der Waals surface area contributed by atoms with E-state index >= 15 is 0 Å². The average molecular weight is 439 g/mol. The highest BCUT2D eigenvalue weighted by molar-refractivity contribution is 6.07. The van der Waals surface area contributed by atoms with Crippen LogP contribution in [0.1, 0.15) is 21.5 Å². The number of para-hydroxylation sites is 2. The second-order valence-electron chi connectivity index (χ2n) is 7.36. The van der Waals surface area contributed by atoms with Crippen LogP contribution in [0.25, 0.3) is 0 Å². The van der Waals surface area contributed by atoms with Crippen LogP contribution in [-0.4, -0.2) is 24.9 Å². The van der Waals surface area contributed by atoms with E-state index in [1.165, 1.54) is 18.2 Å². The molecule has 8 heteroatoms. The normalized spacial score (nSPS) is 12.9. The van der Waals surface area contributed by atoms with Gasteiger partial charge in [0.15, 0.2) is 0 Å². The van der Waals surface area contributed by atoms with Crippen LogP contribution in [0.2, 0.25) is 0 Å². The predicted octanol–water partition coefficient (Wildman–Crippen LogP) is 4.96. The minimum Gasteiger partial charge on any atom is -0.376 e. The highest BCUT2D eigenvalue weighted by Gasteiger charge is 2.33. The predicted molar refractivity (Wildman–Crippen MR) is 117 cm³/mol. The lowest BCUT2D eigenvalue weighted by atomic mass is 10.1. The highest BCUT2D eigenvalue weighted by atomic mass is 19.4. The summed E-state index contributed by atoms with van der Waals surface area (Å²) in [5.41, 5.74) is 1.76. The number of anilines is 3. The minimum absolute atomic E-state index is 0.151. The van der Waals surface area contributed by atoms with Crippen molar-refractivity contribution in [1.82, 2.24) is 0 Å². The molecular weight excluding hydrogens is 419 g/mol. The van der Waals surface area contributed by atoms with Crippen molar-refractivity contribution in [2.45, 2.75) is 12.6 Å². The van der Waals surface area contributed by atoms with Crippen LogP contribution in [-0.2, 0) is 17.4 Å². The number of carbonyl (C=O) groups excluding carboxylic acids is 2. The zero-order valence-corrected chi connectivity index (χ0v) is 16.9. The van der Waals surface area contributed by atoms with Gasteiger partial charge in [-0.05, 0) is 48.4 Å². The van der Waals surface area contributed by atoms with Gasteiger partial charge < -0.3 is 15.5 Å². The lowest BCUT2D eigenvalue weighted by molar-refractivity contribution is -0.137. The second kappa shape index (κ2) is 8.74. The number of hydrogen-bond acceptors (Lipinski definition) is 3. The molecule has 1 aliphatic heterocycles. The quantitative estimate of drug-likeness (QED) is 0.591. The van der Waals surface area contributed by atoms with E-state index in [0.29, 0.717) is 17.8 Å². The summed E-state index contributed by atoms with van der Waals surface area (Å²) in [5.74, 6) is -0.783. The van der Waals surface area contributed by atoms with E-state index in [2.05, 4.69) is 10.6 Å². The van der Waals surface area contributed by atoms with Gasteiger partial charge in [-0.1, -0.05) is 36.4 Å². The standard InChI is InChI=1S/C24H20F3N3O2/c25-24(26,27)19-9-2-3-10-20(19)29-22(31)15-28-18-8-5-7-17(14-18)23(32)30-13-12-16-6-1-4-11-21(16)30/h1-11,14,28H,12-13,15H2,(H,29,31). The molecule has 0 saturated carbocycles. The molecule has 0 unspecified atom stereocenters. The average Bonchev–Trinajstić information content (AvgIpc) is 3.21. The van der Waals surface area contributed by atoms with Gasteiger partial charge in [0.25, 0.3) is 5.91 Å². The number of alkyl halides is 3. The first kappa shape index (κ1) is 21.4. The largest absolute Gasteiger partial charge is 0.418 e. The van der Waals surface area contributed by atoms with Crippen molar-refractivity contribution in [3.05, 3.63) is 89.5 Å². The molecule has 164 valence electrons. The third-order valence-corrected chi connectivity index (χ3v) is 5.20. The molecule has 0 atom stereocenters. The van der Waals surface area contributed by atoms with E-state index in [-0.39, 0.29) is 18.1 Å². The number of rotatable bonds is 5. The van der Waals surface area contributed by atoms with Crippen molar-refractivity contribution < 1.29 is 22.8 Å². The molecule has 0 saturated heterocycles. The number of hydrogen-bond donors (Lipinski definition) is 2. The molecule has 0 bridgehead atoms. The van der Waals surface area contributed by atoms with Crippen LogP contribution in [0.3, 0.4) is 0 Å². The van der Waals surface area contributed by atoms with E-state index in [4.69, 9.17) is 0 Å². The number of fused-ring (bicyclic) bond motifs is 1. The summed E-state index contributed by atoms with van der Waals surface area (Å²) in [5, 5.41) is 5.15. The minimum atomic E-state index is -4.57. The van der Waals surface area contributed by atoms with Crippen LogP contribution < -0.4 is 15.5 Å². The summed E-state index contributed by atoms with van der Waals surface area (Å²) >= 11 is 0. The van der Waals surface area contributed by atoms with Crippen molar-refractivity contribution in [2.24, 2.45) is 0 Å². The first-order valence-corrected chi connectivity index (χ1v) is 10.0. The van der Waals surface area contributed by atoms with Crippen molar-refractivity contribution in [1.29, 1.82) is 0 Å².